The summed E-state index contributed by atoms with van der Waals surface area (Å²) in [5, 5.41) is 0. The number of rotatable bonds is 4. The molecule has 5 atom stereocenters. The van der Waals surface area contributed by atoms with Crippen LogP contribution in [0.15, 0.2) is 0 Å². The molecular weight excluding hydrogens is 228 g/mol. The molecular formula is C19H36. The molecule has 0 bridgehead atoms. The highest BCUT2D eigenvalue weighted by Gasteiger charge is 2.30. The molecule has 0 nitrogen and oxygen atoms in total. The predicted molar refractivity (Wildman–Crippen MR) is 85.2 cm³/mol. The number of hydrogen-bond acceptors (Lipinski definition) is 0. The fourth-order valence-corrected chi connectivity index (χ4v) is 4.95. The molecule has 0 aromatic rings. The summed E-state index contributed by atoms with van der Waals surface area (Å²) in [4.78, 5) is 0. The SMILES string of the molecule is CC1CCC(C)C(CCC2CCCCC2C(C)C)C1. The summed E-state index contributed by atoms with van der Waals surface area (Å²) < 4.78 is 0. The first-order valence-electron chi connectivity index (χ1n) is 9.08. The minimum atomic E-state index is 0.910. The van der Waals surface area contributed by atoms with E-state index in [-0.39, 0.29) is 0 Å². The molecule has 2 fully saturated rings. The maximum absolute atomic E-state index is 2.51. The molecule has 0 aliphatic heterocycles. The van der Waals surface area contributed by atoms with Gasteiger partial charge >= 0.3 is 0 Å². The van der Waals surface area contributed by atoms with E-state index in [2.05, 4.69) is 27.7 Å². The summed E-state index contributed by atoms with van der Waals surface area (Å²) in [5.41, 5.74) is 0. The van der Waals surface area contributed by atoms with E-state index in [1.54, 1.807) is 0 Å². The molecule has 0 saturated heterocycles. The summed E-state index contributed by atoms with van der Waals surface area (Å²) in [6, 6.07) is 0. The van der Waals surface area contributed by atoms with Gasteiger partial charge in [-0.15, -0.1) is 0 Å². The molecule has 0 aromatic carbocycles. The van der Waals surface area contributed by atoms with Gasteiger partial charge in [-0.2, -0.15) is 0 Å². The maximum Gasteiger partial charge on any atom is -0.0363 e. The topological polar surface area (TPSA) is 0 Å². The first-order valence-corrected chi connectivity index (χ1v) is 9.08. The first kappa shape index (κ1) is 15.4. The monoisotopic (exact) mass is 264 g/mol. The van der Waals surface area contributed by atoms with Crippen LogP contribution in [0.5, 0.6) is 0 Å². The molecule has 112 valence electrons. The fourth-order valence-electron chi connectivity index (χ4n) is 4.95. The van der Waals surface area contributed by atoms with E-state index in [1.807, 2.05) is 0 Å². The molecule has 2 aliphatic carbocycles. The second-order valence-electron chi connectivity index (χ2n) is 8.19. The smallest absolute Gasteiger partial charge is 0.0363 e. The van der Waals surface area contributed by atoms with Crippen LogP contribution in [0.2, 0.25) is 0 Å². The van der Waals surface area contributed by atoms with Crippen molar-refractivity contribution in [2.24, 2.45) is 35.5 Å². The van der Waals surface area contributed by atoms with Crippen LogP contribution >= 0.6 is 0 Å². The molecule has 0 heteroatoms. The fraction of sp³-hybridized carbons (Fsp3) is 1.00. The van der Waals surface area contributed by atoms with Gasteiger partial charge in [0.2, 0.25) is 0 Å². The molecule has 2 aliphatic rings. The van der Waals surface area contributed by atoms with E-state index in [0.29, 0.717) is 0 Å². The summed E-state index contributed by atoms with van der Waals surface area (Å²) in [6.45, 7) is 9.89. The van der Waals surface area contributed by atoms with Crippen molar-refractivity contribution in [3.63, 3.8) is 0 Å². The van der Waals surface area contributed by atoms with Crippen molar-refractivity contribution in [2.75, 3.05) is 0 Å². The Hall–Kier alpha value is 0. The van der Waals surface area contributed by atoms with Crippen LogP contribution in [0.25, 0.3) is 0 Å². The highest BCUT2D eigenvalue weighted by Crippen LogP contribution is 2.41. The zero-order chi connectivity index (χ0) is 13.8. The van der Waals surface area contributed by atoms with Crippen molar-refractivity contribution in [2.45, 2.75) is 85.5 Å². The minimum Gasteiger partial charge on any atom is -0.0625 e. The molecule has 0 aromatic heterocycles. The van der Waals surface area contributed by atoms with Gasteiger partial charge in [0.1, 0.15) is 0 Å². The second kappa shape index (κ2) is 7.14. The summed E-state index contributed by atoms with van der Waals surface area (Å²) >= 11 is 0. The molecule has 5 unspecified atom stereocenters. The average Bonchev–Trinajstić information content (AvgIpc) is 2.40. The lowest BCUT2D eigenvalue weighted by atomic mass is 9.68. The van der Waals surface area contributed by atoms with Crippen molar-refractivity contribution in [1.82, 2.24) is 0 Å². The third-order valence-electron chi connectivity index (χ3n) is 6.36. The molecule has 0 radical (unpaired) electrons. The van der Waals surface area contributed by atoms with Gasteiger partial charge in [-0.1, -0.05) is 59.8 Å². The van der Waals surface area contributed by atoms with Gasteiger partial charge in [0.25, 0.3) is 0 Å². The van der Waals surface area contributed by atoms with Crippen molar-refractivity contribution < 1.29 is 0 Å². The molecule has 0 heterocycles. The molecule has 19 heavy (non-hydrogen) atoms. The standard InChI is InChI=1S/C19H36/c1-14(2)19-8-6-5-7-17(19)11-12-18-13-15(3)9-10-16(18)4/h14-19H,5-13H2,1-4H3. The van der Waals surface area contributed by atoms with Crippen molar-refractivity contribution >= 4 is 0 Å². The van der Waals surface area contributed by atoms with Crippen LogP contribution in [0.3, 0.4) is 0 Å². The Labute approximate surface area is 121 Å². The summed E-state index contributed by atoms with van der Waals surface area (Å²) in [7, 11) is 0. The van der Waals surface area contributed by atoms with Crippen LogP contribution < -0.4 is 0 Å². The van der Waals surface area contributed by atoms with Gasteiger partial charge in [0.05, 0.1) is 0 Å². The van der Waals surface area contributed by atoms with Gasteiger partial charge in [-0.25, -0.2) is 0 Å². The van der Waals surface area contributed by atoms with Crippen LogP contribution in [0, 0.1) is 35.5 Å². The van der Waals surface area contributed by atoms with E-state index >= 15 is 0 Å². The molecule has 0 N–H and O–H groups in total. The summed E-state index contributed by atoms with van der Waals surface area (Å²) in [5.74, 6) is 6.03. The van der Waals surface area contributed by atoms with E-state index in [1.165, 1.54) is 57.8 Å². The van der Waals surface area contributed by atoms with Gasteiger partial charge in [0, 0.05) is 0 Å². The van der Waals surface area contributed by atoms with E-state index < -0.39 is 0 Å². The third kappa shape index (κ3) is 4.23. The molecule has 2 saturated carbocycles. The Kier molecular flexibility index (Phi) is 5.78. The summed E-state index contributed by atoms with van der Waals surface area (Å²) in [6.07, 6.45) is 13.6. The number of hydrogen-bond donors (Lipinski definition) is 0. The Morgan fingerprint density at radius 1 is 0.842 bits per heavy atom. The Morgan fingerprint density at radius 2 is 1.53 bits per heavy atom. The Morgan fingerprint density at radius 3 is 2.26 bits per heavy atom. The van der Waals surface area contributed by atoms with Gasteiger partial charge < -0.3 is 0 Å². The molecule has 0 amide bonds. The highest BCUT2D eigenvalue weighted by atomic mass is 14.4. The van der Waals surface area contributed by atoms with Gasteiger partial charge in [0.15, 0.2) is 0 Å². The lowest BCUT2D eigenvalue weighted by Crippen LogP contribution is -2.27. The highest BCUT2D eigenvalue weighted by molar-refractivity contribution is 4.81. The first-order chi connectivity index (χ1) is 9.08. The van der Waals surface area contributed by atoms with Gasteiger partial charge in [-0.3, -0.25) is 0 Å². The maximum atomic E-state index is 2.51. The van der Waals surface area contributed by atoms with Crippen LogP contribution in [0.1, 0.15) is 85.5 Å². The quantitative estimate of drug-likeness (QED) is 0.559. The van der Waals surface area contributed by atoms with Crippen LogP contribution in [0.4, 0.5) is 0 Å². The van der Waals surface area contributed by atoms with E-state index in [9.17, 15) is 0 Å². The second-order valence-corrected chi connectivity index (χ2v) is 8.19. The van der Waals surface area contributed by atoms with Crippen molar-refractivity contribution in [3.8, 4) is 0 Å². The molecule has 2 rings (SSSR count). The van der Waals surface area contributed by atoms with Crippen LogP contribution in [-0.4, -0.2) is 0 Å². The minimum absolute atomic E-state index is 0.910. The Balaban J connectivity index is 1.82. The predicted octanol–water partition coefficient (Wildman–Crippen LogP) is 6.30. The molecule has 0 spiro atoms. The lowest BCUT2D eigenvalue weighted by Gasteiger charge is -2.37. The Bertz CT molecular complexity index is 255. The normalized spacial score (nSPS) is 40.6. The lowest BCUT2D eigenvalue weighted by molar-refractivity contribution is 0.134. The average molecular weight is 264 g/mol. The van der Waals surface area contributed by atoms with Crippen LogP contribution in [-0.2, 0) is 0 Å². The zero-order valence-electron chi connectivity index (χ0n) is 13.8. The van der Waals surface area contributed by atoms with Crippen molar-refractivity contribution in [1.29, 1.82) is 0 Å². The van der Waals surface area contributed by atoms with E-state index in [4.69, 9.17) is 0 Å². The van der Waals surface area contributed by atoms with Gasteiger partial charge in [-0.05, 0) is 61.2 Å². The zero-order valence-corrected chi connectivity index (χ0v) is 13.8. The largest absolute Gasteiger partial charge is 0.0625 e. The van der Waals surface area contributed by atoms with E-state index in [0.717, 1.165) is 35.5 Å². The van der Waals surface area contributed by atoms with Crippen molar-refractivity contribution in [3.05, 3.63) is 0 Å². The third-order valence-corrected chi connectivity index (χ3v) is 6.36.